The largest absolute Gasteiger partial charge is 0.477 e. The zero-order valence-corrected chi connectivity index (χ0v) is 7.92. The summed E-state index contributed by atoms with van der Waals surface area (Å²) < 4.78 is 6.87. The van der Waals surface area contributed by atoms with E-state index in [0.29, 0.717) is 6.61 Å². The molecule has 15 heavy (non-hydrogen) atoms. The maximum atomic E-state index is 11.1. The van der Waals surface area contributed by atoms with Crippen LogP contribution in [0.25, 0.3) is 0 Å². The molecule has 1 atom stereocenters. The summed E-state index contributed by atoms with van der Waals surface area (Å²) in [6.45, 7) is 0.652. The van der Waals surface area contributed by atoms with E-state index < -0.39 is 11.5 Å². The Hall–Kier alpha value is -1.69. The first-order valence-corrected chi connectivity index (χ1v) is 4.61. The highest BCUT2D eigenvalue weighted by Gasteiger charge is 2.18. The van der Waals surface area contributed by atoms with E-state index in [4.69, 9.17) is 9.84 Å². The predicted molar refractivity (Wildman–Crippen MR) is 49.7 cm³/mol. The number of carboxylic acids is 1. The van der Waals surface area contributed by atoms with Crippen LogP contribution in [0.5, 0.6) is 0 Å². The second-order valence-electron chi connectivity index (χ2n) is 3.31. The van der Waals surface area contributed by atoms with E-state index in [1.165, 1.54) is 17.1 Å². The molecule has 0 aliphatic carbocycles. The molecule has 1 unspecified atom stereocenters. The van der Waals surface area contributed by atoms with Gasteiger partial charge in [-0.25, -0.2) is 4.79 Å². The molecule has 2 heterocycles. The van der Waals surface area contributed by atoms with E-state index in [0.717, 1.165) is 12.8 Å². The molecule has 6 nitrogen and oxygen atoms in total. The van der Waals surface area contributed by atoms with Crippen molar-refractivity contribution in [2.24, 2.45) is 0 Å². The molecule has 1 saturated heterocycles. The molecule has 0 aromatic carbocycles. The first-order chi connectivity index (χ1) is 7.18. The minimum atomic E-state index is -1.26. The van der Waals surface area contributed by atoms with Crippen molar-refractivity contribution < 1.29 is 14.6 Å². The molecule has 6 heteroatoms. The van der Waals surface area contributed by atoms with Crippen LogP contribution in [0.3, 0.4) is 0 Å². The molecule has 0 amide bonds. The average Bonchev–Trinajstić information content (AvgIpc) is 2.71. The number of aromatic nitrogens is 2. The van der Waals surface area contributed by atoms with Gasteiger partial charge in [0.05, 0.1) is 0 Å². The SMILES string of the molecule is O=C(O)c1cn(C2CCCO2)cnc1=O. The molecule has 80 valence electrons. The summed E-state index contributed by atoms with van der Waals surface area (Å²) in [6, 6.07) is 0. The smallest absolute Gasteiger partial charge is 0.342 e. The minimum absolute atomic E-state index is 0.198. The molecule has 1 aliphatic heterocycles. The first-order valence-electron chi connectivity index (χ1n) is 4.61. The van der Waals surface area contributed by atoms with Crippen molar-refractivity contribution in [2.45, 2.75) is 19.1 Å². The van der Waals surface area contributed by atoms with Gasteiger partial charge in [0.1, 0.15) is 18.1 Å². The number of carboxylic acid groups (broad SMARTS) is 1. The lowest BCUT2D eigenvalue weighted by atomic mass is 10.3. The summed E-state index contributed by atoms with van der Waals surface area (Å²) in [5, 5.41) is 8.74. The number of nitrogens with zero attached hydrogens (tertiary/aromatic N) is 2. The van der Waals surface area contributed by atoms with Crippen LogP contribution < -0.4 is 5.56 Å². The predicted octanol–water partition coefficient (Wildman–Crippen LogP) is 0.251. The van der Waals surface area contributed by atoms with Gasteiger partial charge in [-0.05, 0) is 12.8 Å². The third-order valence-electron chi connectivity index (χ3n) is 2.29. The molecule has 0 saturated carbocycles. The van der Waals surface area contributed by atoms with E-state index in [-0.39, 0.29) is 11.8 Å². The Morgan fingerprint density at radius 2 is 2.47 bits per heavy atom. The van der Waals surface area contributed by atoms with Gasteiger partial charge in [0, 0.05) is 12.8 Å². The van der Waals surface area contributed by atoms with E-state index in [9.17, 15) is 9.59 Å². The maximum Gasteiger partial charge on any atom is 0.342 e. The van der Waals surface area contributed by atoms with Crippen LogP contribution in [0.4, 0.5) is 0 Å². The first kappa shape index (κ1) is 9.85. The number of ether oxygens (including phenoxy) is 1. The quantitative estimate of drug-likeness (QED) is 0.756. The van der Waals surface area contributed by atoms with Crippen molar-refractivity contribution in [1.29, 1.82) is 0 Å². The van der Waals surface area contributed by atoms with Gasteiger partial charge < -0.3 is 14.4 Å². The number of aromatic carboxylic acids is 1. The summed E-state index contributed by atoms with van der Waals surface area (Å²) in [7, 11) is 0. The Kier molecular flexibility index (Phi) is 2.51. The second kappa shape index (κ2) is 3.82. The highest BCUT2D eigenvalue weighted by molar-refractivity contribution is 5.86. The third-order valence-corrected chi connectivity index (χ3v) is 2.29. The highest BCUT2D eigenvalue weighted by atomic mass is 16.5. The van der Waals surface area contributed by atoms with Crippen LogP contribution in [0.1, 0.15) is 29.4 Å². The third kappa shape index (κ3) is 1.89. The molecular weight excluding hydrogens is 200 g/mol. The molecule has 1 N–H and O–H groups in total. The fraction of sp³-hybridized carbons (Fsp3) is 0.444. The fourth-order valence-corrected chi connectivity index (χ4v) is 1.53. The summed E-state index contributed by atoms with van der Waals surface area (Å²) in [5.41, 5.74) is -1.05. The monoisotopic (exact) mass is 210 g/mol. The molecule has 0 radical (unpaired) electrons. The van der Waals surface area contributed by atoms with Crippen molar-refractivity contribution in [3.8, 4) is 0 Å². The summed E-state index contributed by atoms with van der Waals surface area (Å²) in [4.78, 5) is 25.3. The van der Waals surface area contributed by atoms with Crippen LogP contribution in [0, 0.1) is 0 Å². The zero-order chi connectivity index (χ0) is 10.8. The Labute approximate surface area is 85.1 Å². The number of hydrogen-bond acceptors (Lipinski definition) is 4. The molecule has 1 fully saturated rings. The lowest BCUT2D eigenvalue weighted by molar-refractivity contribution is 0.0542. The number of carbonyl (C=O) groups is 1. The molecule has 1 aliphatic rings. The van der Waals surface area contributed by atoms with Crippen molar-refractivity contribution in [1.82, 2.24) is 9.55 Å². The van der Waals surface area contributed by atoms with Gasteiger partial charge in [-0.2, -0.15) is 4.98 Å². The maximum absolute atomic E-state index is 11.1. The number of rotatable bonds is 2. The Morgan fingerprint density at radius 1 is 1.67 bits per heavy atom. The summed E-state index contributed by atoms with van der Waals surface area (Å²) in [6.07, 6.45) is 4.12. The van der Waals surface area contributed by atoms with Gasteiger partial charge in [0.2, 0.25) is 0 Å². The molecule has 1 aromatic heterocycles. The van der Waals surface area contributed by atoms with Crippen molar-refractivity contribution in [2.75, 3.05) is 6.61 Å². The van der Waals surface area contributed by atoms with Crippen molar-refractivity contribution >= 4 is 5.97 Å². The Morgan fingerprint density at radius 3 is 3.07 bits per heavy atom. The van der Waals surface area contributed by atoms with Gasteiger partial charge in [0.25, 0.3) is 5.56 Å². The summed E-state index contributed by atoms with van der Waals surface area (Å²) in [5.74, 6) is -1.26. The van der Waals surface area contributed by atoms with Gasteiger partial charge in [0.15, 0.2) is 0 Å². The molecule has 0 spiro atoms. The normalized spacial score (nSPS) is 20.4. The van der Waals surface area contributed by atoms with E-state index in [2.05, 4.69) is 4.98 Å². The van der Waals surface area contributed by atoms with E-state index in [1.54, 1.807) is 0 Å². The van der Waals surface area contributed by atoms with Gasteiger partial charge >= 0.3 is 5.97 Å². The van der Waals surface area contributed by atoms with Gasteiger partial charge in [-0.15, -0.1) is 0 Å². The number of hydrogen-bond donors (Lipinski definition) is 1. The molecule has 2 rings (SSSR count). The van der Waals surface area contributed by atoms with Crippen molar-refractivity contribution in [3.05, 3.63) is 28.4 Å². The minimum Gasteiger partial charge on any atom is -0.477 e. The van der Waals surface area contributed by atoms with E-state index >= 15 is 0 Å². The average molecular weight is 210 g/mol. The molecular formula is C9H10N2O4. The Bertz CT molecular complexity index is 434. The Balaban J connectivity index is 2.37. The van der Waals surface area contributed by atoms with Crippen LogP contribution >= 0.6 is 0 Å². The molecule has 0 bridgehead atoms. The summed E-state index contributed by atoms with van der Waals surface area (Å²) >= 11 is 0. The van der Waals surface area contributed by atoms with E-state index in [1.807, 2.05) is 0 Å². The van der Waals surface area contributed by atoms with Crippen LogP contribution in [0.15, 0.2) is 17.3 Å². The lowest BCUT2D eigenvalue weighted by Gasteiger charge is -2.13. The van der Waals surface area contributed by atoms with Gasteiger partial charge in [-0.3, -0.25) is 4.79 Å². The van der Waals surface area contributed by atoms with Crippen molar-refractivity contribution in [3.63, 3.8) is 0 Å². The highest BCUT2D eigenvalue weighted by Crippen LogP contribution is 2.21. The lowest BCUT2D eigenvalue weighted by Crippen LogP contribution is -2.22. The molecule has 1 aromatic rings. The topological polar surface area (TPSA) is 81.4 Å². The second-order valence-corrected chi connectivity index (χ2v) is 3.31. The standard InChI is InChI=1S/C9H10N2O4/c12-8-6(9(13)14)4-11(5-10-8)7-2-1-3-15-7/h4-5,7H,1-3H2,(H,13,14). The van der Waals surface area contributed by atoms with Crippen LogP contribution in [-0.4, -0.2) is 27.2 Å². The van der Waals surface area contributed by atoms with Gasteiger partial charge in [-0.1, -0.05) is 0 Å². The zero-order valence-electron chi connectivity index (χ0n) is 7.92. The van der Waals surface area contributed by atoms with Crippen LogP contribution in [0.2, 0.25) is 0 Å². The fourth-order valence-electron chi connectivity index (χ4n) is 1.53. The van der Waals surface area contributed by atoms with Crippen LogP contribution in [-0.2, 0) is 4.74 Å².